The fourth-order valence-electron chi connectivity index (χ4n) is 6.40. The summed E-state index contributed by atoms with van der Waals surface area (Å²) in [7, 11) is -3.19. The molecule has 252 valence electrons. The molecule has 1 heterocycles. The van der Waals surface area contributed by atoms with Crippen molar-refractivity contribution in [3.63, 3.8) is 0 Å². The molecule has 1 atom stereocenters. The number of nitrogens with zero attached hydrogens (tertiary/aromatic N) is 1. The molecule has 1 aliphatic carbocycles. The predicted octanol–water partition coefficient (Wildman–Crippen LogP) is 7.28. The Morgan fingerprint density at radius 3 is 1.98 bits per heavy atom. The fourth-order valence-corrected chi connectivity index (χ4v) is 8.54. The Labute approximate surface area is 262 Å². The average Bonchev–Trinajstić information content (AvgIpc) is 3.46. The molecule has 2 aromatic carbocycles. The molecule has 0 spiro atoms. The maximum absolute atomic E-state index is 14.8. The van der Waals surface area contributed by atoms with Crippen LogP contribution in [0.1, 0.15) is 62.6 Å². The second kappa shape index (κ2) is 12.6. The number of amides is 1. The number of esters is 1. The summed E-state index contributed by atoms with van der Waals surface area (Å²) in [6, 6.07) is 8.00. The van der Waals surface area contributed by atoms with Gasteiger partial charge < -0.3 is 9.64 Å². The number of halogens is 7. The van der Waals surface area contributed by atoms with Gasteiger partial charge >= 0.3 is 24.0 Å². The predicted molar refractivity (Wildman–Crippen MR) is 155 cm³/mol. The molecule has 0 aromatic heterocycles. The standard InChI is InChI=1S/C32H34F7NO5S/c1-20(2)17-21-5-4-6-26(18-21)46(43,44)29(24-11-13-25(14-12-24)30(33,31(34,35)36)32(37,38)39)15-16-40(19-29)27(41)22-7-9-23(10-8-22)28(42)45-3/h4-6,11-14,17-18,22-23H,7-10,15-16,19H2,1-3H3/t22-,23-,29?. The van der Waals surface area contributed by atoms with Crippen molar-refractivity contribution >= 4 is 27.8 Å². The van der Waals surface area contributed by atoms with Gasteiger partial charge in [-0.2, -0.15) is 26.3 Å². The SMILES string of the molecule is COC(=O)[C@H]1CC[C@H](C(=O)N2CCC(c3ccc(C(F)(C(F)(F)F)C(F)(F)F)cc3)(S(=O)(=O)c3cccc(C=C(C)C)c3)C2)CC1. The van der Waals surface area contributed by atoms with Crippen molar-refractivity contribution in [3.8, 4) is 0 Å². The summed E-state index contributed by atoms with van der Waals surface area (Å²) in [5.41, 5.74) is -6.21. The van der Waals surface area contributed by atoms with E-state index in [1.54, 1.807) is 26.0 Å². The lowest BCUT2D eigenvalue weighted by Gasteiger charge is -2.33. The van der Waals surface area contributed by atoms with Gasteiger partial charge in [0.15, 0.2) is 9.84 Å². The first-order chi connectivity index (χ1) is 21.3. The summed E-state index contributed by atoms with van der Waals surface area (Å²) in [6.07, 6.45) is -9.69. The van der Waals surface area contributed by atoms with Crippen LogP contribution in [-0.4, -0.2) is 57.7 Å². The first kappa shape index (κ1) is 35.4. The van der Waals surface area contributed by atoms with Crippen molar-refractivity contribution in [2.75, 3.05) is 20.2 Å². The Hall–Kier alpha value is -3.42. The molecule has 2 aliphatic rings. The zero-order chi connectivity index (χ0) is 34.3. The molecule has 4 rings (SSSR count). The monoisotopic (exact) mass is 677 g/mol. The number of carbonyl (C=O) groups is 2. The summed E-state index contributed by atoms with van der Waals surface area (Å²) in [5.74, 6) is -1.64. The third-order valence-electron chi connectivity index (χ3n) is 8.88. The van der Waals surface area contributed by atoms with Crippen LogP contribution >= 0.6 is 0 Å². The molecule has 6 nitrogen and oxygen atoms in total. The summed E-state index contributed by atoms with van der Waals surface area (Å²) in [6.45, 7) is 3.10. The number of sulfone groups is 1. The van der Waals surface area contributed by atoms with Crippen LogP contribution in [0.5, 0.6) is 0 Å². The van der Waals surface area contributed by atoms with E-state index in [2.05, 4.69) is 0 Å². The molecule has 0 radical (unpaired) electrons. The number of methoxy groups -OCH3 is 1. The molecule has 0 bridgehead atoms. The molecule has 14 heteroatoms. The minimum absolute atomic E-state index is 0.0669. The van der Waals surface area contributed by atoms with E-state index in [1.165, 1.54) is 30.2 Å². The third-order valence-corrected chi connectivity index (χ3v) is 11.4. The number of likely N-dealkylation sites (tertiary alicyclic amines) is 1. The van der Waals surface area contributed by atoms with E-state index in [0.717, 1.165) is 17.7 Å². The molecule has 46 heavy (non-hydrogen) atoms. The summed E-state index contributed by atoms with van der Waals surface area (Å²) < 4.78 is 127. The molecule has 1 unspecified atom stereocenters. The smallest absolute Gasteiger partial charge is 0.435 e. The van der Waals surface area contributed by atoms with Gasteiger partial charge in [0.05, 0.1) is 17.9 Å². The van der Waals surface area contributed by atoms with Gasteiger partial charge in [-0.05, 0) is 69.2 Å². The van der Waals surface area contributed by atoms with E-state index in [9.17, 15) is 48.7 Å². The van der Waals surface area contributed by atoms with Crippen molar-refractivity contribution in [1.82, 2.24) is 4.90 Å². The second-order valence-corrected chi connectivity index (χ2v) is 14.4. The number of alkyl halides is 7. The Morgan fingerprint density at radius 1 is 0.891 bits per heavy atom. The molecule has 0 N–H and O–H groups in total. The van der Waals surface area contributed by atoms with Crippen LogP contribution in [0.15, 0.2) is 59.0 Å². The van der Waals surface area contributed by atoms with Gasteiger partial charge in [0.2, 0.25) is 5.91 Å². The van der Waals surface area contributed by atoms with Gasteiger partial charge in [0.1, 0.15) is 4.75 Å². The molecule has 1 aliphatic heterocycles. The van der Waals surface area contributed by atoms with Gasteiger partial charge in [0.25, 0.3) is 0 Å². The third kappa shape index (κ3) is 6.28. The van der Waals surface area contributed by atoms with Crippen LogP contribution in [0, 0.1) is 11.8 Å². The van der Waals surface area contributed by atoms with Crippen molar-refractivity contribution in [3.05, 3.63) is 70.8 Å². The molecule has 1 amide bonds. The van der Waals surface area contributed by atoms with Crippen molar-refractivity contribution in [2.24, 2.45) is 11.8 Å². The van der Waals surface area contributed by atoms with Gasteiger partial charge in [-0.15, -0.1) is 0 Å². The van der Waals surface area contributed by atoms with E-state index in [0.29, 0.717) is 43.4 Å². The maximum atomic E-state index is 14.8. The number of benzene rings is 2. The van der Waals surface area contributed by atoms with Crippen LogP contribution in [0.4, 0.5) is 30.7 Å². The van der Waals surface area contributed by atoms with E-state index < -0.39 is 50.6 Å². The van der Waals surface area contributed by atoms with E-state index >= 15 is 0 Å². The molecular weight excluding hydrogens is 643 g/mol. The molecule has 2 fully saturated rings. The van der Waals surface area contributed by atoms with Gasteiger partial charge in [-0.1, -0.05) is 48.0 Å². The lowest BCUT2D eigenvalue weighted by molar-refractivity contribution is -0.348. The fraction of sp³-hybridized carbons (Fsp3) is 0.500. The van der Waals surface area contributed by atoms with Crippen LogP contribution in [0.2, 0.25) is 0 Å². The largest absolute Gasteiger partial charge is 0.469 e. The zero-order valence-corrected chi connectivity index (χ0v) is 26.2. The molecule has 1 saturated carbocycles. The van der Waals surface area contributed by atoms with Crippen LogP contribution in [0.25, 0.3) is 6.08 Å². The normalized spacial score (nSPS) is 22.8. The van der Waals surface area contributed by atoms with Crippen molar-refractivity contribution in [1.29, 1.82) is 0 Å². The van der Waals surface area contributed by atoms with E-state index in [4.69, 9.17) is 4.74 Å². The Bertz CT molecular complexity index is 1580. The number of hydrogen-bond acceptors (Lipinski definition) is 5. The van der Waals surface area contributed by atoms with E-state index in [1.807, 2.05) is 0 Å². The first-order valence-electron chi connectivity index (χ1n) is 14.6. The Morgan fingerprint density at radius 2 is 1.46 bits per heavy atom. The lowest BCUT2D eigenvalue weighted by Crippen LogP contribution is -2.50. The van der Waals surface area contributed by atoms with Crippen molar-refractivity contribution < 1.29 is 53.5 Å². The number of ether oxygens (including phenoxy) is 1. The van der Waals surface area contributed by atoms with Crippen LogP contribution < -0.4 is 0 Å². The van der Waals surface area contributed by atoms with Gasteiger partial charge in [-0.25, -0.2) is 12.8 Å². The number of carbonyl (C=O) groups excluding carboxylic acids is 2. The molecular formula is C32H34F7NO5S. The van der Waals surface area contributed by atoms with Gasteiger partial charge in [0, 0.05) is 24.6 Å². The highest BCUT2D eigenvalue weighted by atomic mass is 32.2. The summed E-state index contributed by atoms with van der Waals surface area (Å²) in [4.78, 5) is 26.7. The number of rotatable bonds is 7. The molecule has 1 saturated heterocycles. The van der Waals surface area contributed by atoms with Gasteiger partial charge in [-0.3, -0.25) is 9.59 Å². The minimum Gasteiger partial charge on any atom is -0.469 e. The topological polar surface area (TPSA) is 80.8 Å². The number of allylic oxidation sites excluding steroid dienone is 1. The highest BCUT2D eigenvalue weighted by Gasteiger charge is 2.73. The summed E-state index contributed by atoms with van der Waals surface area (Å²) in [5, 5.41) is 0. The average molecular weight is 678 g/mol. The Kier molecular flexibility index (Phi) is 9.74. The van der Waals surface area contributed by atoms with Crippen molar-refractivity contribution in [2.45, 2.75) is 73.6 Å². The zero-order valence-electron chi connectivity index (χ0n) is 25.3. The van der Waals surface area contributed by atoms with Crippen LogP contribution in [0.3, 0.4) is 0 Å². The highest BCUT2D eigenvalue weighted by Crippen LogP contribution is 2.54. The second-order valence-electron chi connectivity index (χ2n) is 12.1. The highest BCUT2D eigenvalue weighted by molar-refractivity contribution is 7.92. The summed E-state index contributed by atoms with van der Waals surface area (Å²) >= 11 is 0. The van der Waals surface area contributed by atoms with Crippen LogP contribution in [-0.2, 0) is 34.6 Å². The first-order valence-corrected chi connectivity index (χ1v) is 16.1. The minimum atomic E-state index is -6.34. The van der Waals surface area contributed by atoms with E-state index in [-0.39, 0.29) is 41.2 Å². The lowest BCUT2D eigenvalue weighted by atomic mass is 9.81. The quantitative estimate of drug-likeness (QED) is 0.227. The Balaban J connectivity index is 1.77. The maximum Gasteiger partial charge on any atom is 0.435 e. The number of hydrogen-bond donors (Lipinski definition) is 0. The molecule has 2 aromatic rings.